The number of rotatable bonds is 3. The Morgan fingerprint density at radius 2 is 2.06 bits per heavy atom. The minimum absolute atomic E-state index is 0.532. The van der Waals surface area contributed by atoms with Gasteiger partial charge in [0.1, 0.15) is 0 Å². The number of nitrogens with two attached hydrogens (primary N) is 1. The molecule has 2 aromatic rings. The van der Waals surface area contributed by atoms with Gasteiger partial charge in [-0.2, -0.15) is 0 Å². The molecule has 0 radical (unpaired) electrons. The molecule has 0 saturated heterocycles. The summed E-state index contributed by atoms with van der Waals surface area (Å²) < 4.78 is 25.7. The van der Waals surface area contributed by atoms with E-state index in [9.17, 15) is 8.78 Å². The summed E-state index contributed by atoms with van der Waals surface area (Å²) in [6, 6.07) is 3.77. The standard InChI is InChI=1S/C11H10F2N2S/c12-8-2-1-7(5-9(8)13)10-6-16-11(15-10)3-4-14/h1-2,5-6H,3-4,14H2. The molecule has 1 aromatic carbocycles. The van der Waals surface area contributed by atoms with Crippen LogP contribution in [0.4, 0.5) is 8.78 Å². The van der Waals surface area contributed by atoms with E-state index in [1.165, 1.54) is 17.4 Å². The van der Waals surface area contributed by atoms with Crippen LogP contribution < -0.4 is 5.73 Å². The first-order chi connectivity index (χ1) is 7.70. The summed E-state index contributed by atoms with van der Waals surface area (Å²) >= 11 is 1.47. The monoisotopic (exact) mass is 240 g/mol. The Bertz CT molecular complexity index is 496. The van der Waals surface area contributed by atoms with E-state index in [0.29, 0.717) is 24.2 Å². The molecule has 0 aliphatic rings. The van der Waals surface area contributed by atoms with Crippen molar-refractivity contribution < 1.29 is 8.78 Å². The lowest BCUT2D eigenvalue weighted by molar-refractivity contribution is 0.509. The molecule has 1 heterocycles. The Morgan fingerprint density at radius 3 is 2.75 bits per heavy atom. The lowest BCUT2D eigenvalue weighted by Gasteiger charge is -1.97. The minimum atomic E-state index is -0.856. The molecule has 2 nitrogen and oxygen atoms in total. The molecule has 2 N–H and O–H groups in total. The second kappa shape index (κ2) is 4.67. The van der Waals surface area contributed by atoms with Crippen molar-refractivity contribution in [2.24, 2.45) is 5.73 Å². The van der Waals surface area contributed by atoms with Gasteiger partial charge in [-0.25, -0.2) is 13.8 Å². The number of hydrogen-bond donors (Lipinski definition) is 1. The summed E-state index contributed by atoms with van der Waals surface area (Å²) in [5, 5.41) is 2.72. The van der Waals surface area contributed by atoms with Gasteiger partial charge in [0, 0.05) is 17.4 Å². The molecular weight excluding hydrogens is 230 g/mol. The average molecular weight is 240 g/mol. The first-order valence-electron chi connectivity index (χ1n) is 4.80. The third-order valence-corrected chi connectivity index (χ3v) is 3.03. The van der Waals surface area contributed by atoms with Crippen LogP contribution in [0.2, 0.25) is 0 Å². The van der Waals surface area contributed by atoms with Gasteiger partial charge in [0.2, 0.25) is 0 Å². The molecule has 0 atom stereocenters. The molecule has 84 valence electrons. The molecule has 0 amide bonds. The van der Waals surface area contributed by atoms with Gasteiger partial charge in [-0.1, -0.05) is 0 Å². The van der Waals surface area contributed by atoms with Crippen molar-refractivity contribution in [3.05, 3.63) is 40.2 Å². The van der Waals surface area contributed by atoms with Gasteiger partial charge in [0.25, 0.3) is 0 Å². The molecule has 0 saturated carbocycles. The molecule has 0 aliphatic heterocycles. The van der Waals surface area contributed by atoms with E-state index >= 15 is 0 Å². The first-order valence-corrected chi connectivity index (χ1v) is 5.68. The van der Waals surface area contributed by atoms with Gasteiger partial charge in [-0.3, -0.25) is 0 Å². The van der Waals surface area contributed by atoms with E-state index in [2.05, 4.69) is 4.98 Å². The predicted octanol–water partition coefficient (Wildman–Crippen LogP) is 2.59. The topological polar surface area (TPSA) is 38.9 Å². The van der Waals surface area contributed by atoms with Gasteiger partial charge in [-0.15, -0.1) is 11.3 Å². The van der Waals surface area contributed by atoms with Crippen molar-refractivity contribution in [2.45, 2.75) is 6.42 Å². The summed E-state index contributed by atoms with van der Waals surface area (Å²) in [5.41, 5.74) is 6.65. The SMILES string of the molecule is NCCc1nc(-c2ccc(F)c(F)c2)cs1. The highest BCUT2D eigenvalue weighted by Gasteiger charge is 2.07. The van der Waals surface area contributed by atoms with E-state index in [4.69, 9.17) is 5.73 Å². The fraction of sp³-hybridized carbons (Fsp3) is 0.182. The molecule has 5 heteroatoms. The Labute approximate surface area is 95.7 Å². The smallest absolute Gasteiger partial charge is 0.159 e. The maximum absolute atomic E-state index is 13.0. The molecule has 16 heavy (non-hydrogen) atoms. The van der Waals surface area contributed by atoms with E-state index in [1.807, 2.05) is 5.38 Å². The van der Waals surface area contributed by atoms with Crippen LogP contribution in [0.15, 0.2) is 23.6 Å². The molecule has 0 spiro atoms. The van der Waals surface area contributed by atoms with Gasteiger partial charge >= 0.3 is 0 Å². The minimum Gasteiger partial charge on any atom is -0.330 e. The molecule has 0 unspecified atom stereocenters. The van der Waals surface area contributed by atoms with Crippen molar-refractivity contribution in [1.82, 2.24) is 4.98 Å². The fourth-order valence-electron chi connectivity index (χ4n) is 1.34. The van der Waals surface area contributed by atoms with Gasteiger partial charge in [-0.05, 0) is 24.7 Å². The van der Waals surface area contributed by atoms with Crippen molar-refractivity contribution in [3.8, 4) is 11.3 Å². The number of thiazole rings is 1. The zero-order valence-corrected chi connectivity index (χ0v) is 9.23. The number of halogens is 2. The van der Waals surface area contributed by atoms with E-state index < -0.39 is 11.6 Å². The lowest BCUT2D eigenvalue weighted by Crippen LogP contribution is -2.01. The Morgan fingerprint density at radius 1 is 1.25 bits per heavy atom. The van der Waals surface area contributed by atoms with Gasteiger partial charge in [0.15, 0.2) is 11.6 Å². The molecular formula is C11H10F2N2S. The van der Waals surface area contributed by atoms with Crippen molar-refractivity contribution in [3.63, 3.8) is 0 Å². The Balaban J connectivity index is 2.31. The van der Waals surface area contributed by atoms with E-state index in [1.54, 1.807) is 0 Å². The third-order valence-electron chi connectivity index (χ3n) is 2.13. The highest BCUT2D eigenvalue weighted by atomic mass is 32.1. The van der Waals surface area contributed by atoms with Crippen LogP contribution in [-0.2, 0) is 6.42 Å². The van der Waals surface area contributed by atoms with Crippen molar-refractivity contribution in [2.75, 3.05) is 6.54 Å². The zero-order chi connectivity index (χ0) is 11.5. The van der Waals surface area contributed by atoms with Crippen LogP contribution in [0, 0.1) is 11.6 Å². The number of nitrogens with zero attached hydrogens (tertiary/aromatic N) is 1. The van der Waals surface area contributed by atoms with E-state index in [-0.39, 0.29) is 0 Å². The van der Waals surface area contributed by atoms with Crippen LogP contribution in [-0.4, -0.2) is 11.5 Å². The van der Waals surface area contributed by atoms with Crippen molar-refractivity contribution in [1.29, 1.82) is 0 Å². The quantitative estimate of drug-likeness (QED) is 0.895. The summed E-state index contributed by atoms with van der Waals surface area (Å²) in [6.45, 7) is 0.532. The maximum Gasteiger partial charge on any atom is 0.159 e. The lowest BCUT2D eigenvalue weighted by atomic mass is 10.1. The Kier molecular flexibility index (Phi) is 3.26. The first kappa shape index (κ1) is 11.2. The summed E-state index contributed by atoms with van der Waals surface area (Å²) in [7, 11) is 0. The van der Waals surface area contributed by atoms with Gasteiger partial charge < -0.3 is 5.73 Å². The summed E-state index contributed by atoms with van der Waals surface area (Å²) in [5.74, 6) is -1.70. The maximum atomic E-state index is 13.0. The molecule has 0 bridgehead atoms. The highest BCUT2D eigenvalue weighted by molar-refractivity contribution is 7.09. The normalized spacial score (nSPS) is 10.7. The van der Waals surface area contributed by atoms with Crippen LogP contribution in [0.3, 0.4) is 0 Å². The molecule has 0 fully saturated rings. The predicted molar refractivity (Wildman–Crippen MR) is 60.2 cm³/mol. The van der Waals surface area contributed by atoms with E-state index in [0.717, 1.165) is 17.1 Å². The van der Waals surface area contributed by atoms with Crippen LogP contribution in [0.1, 0.15) is 5.01 Å². The molecule has 1 aromatic heterocycles. The zero-order valence-electron chi connectivity index (χ0n) is 8.41. The highest BCUT2D eigenvalue weighted by Crippen LogP contribution is 2.23. The Hall–Kier alpha value is -1.33. The second-order valence-electron chi connectivity index (χ2n) is 3.29. The van der Waals surface area contributed by atoms with Gasteiger partial charge in [0.05, 0.1) is 10.7 Å². The summed E-state index contributed by atoms with van der Waals surface area (Å²) in [4.78, 5) is 4.29. The van der Waals surface area contributed by atoms with Crippen molar-refractivity contribution >= 4 is 11.3 Å². The third kappa shape index (κ3) is 2.25. The summed E-state index contributed by atoms with van der Waals surface area (Å²) in [6.07, 6.45) is 0.703. The largest absolute Gasteiger partial charge is 0.330 e. The second-order valence-corrected chi connectivity index (χ2v) is 4.24. The van der Waals surface area contributed by atoms with Crippen LogP contribution >= 0.6 is 11.3 Å². The van der Waals surface area contributed by atoms with Crippen LogP contribution in [0.5, 0.6) is 0 Å². The molecule has 0 aliphatic carbocycles. The number of benzene rings is 1. The number of aromatic nitrogens is 1. The average Bonchev–Trinajstić information content (AvgIpc) is 2.71. The van der Waals surface area contributed by atoms with Crippen LogP contribution in [0.25, 0.3) is 11.3 Å². The molecule has 2 rings (SSSR count). The fourth-order valence-corrected chi connectivity index (χ4v) is 2.16. The number of hydrogen-bond acceptors (Lipinski definition) is 3.